The molecule has 0 saturated carbocycles. The molecule has 3 rings (SSSR count). The van der Waals surface area contributed by atoms with Gasteiger partial charge < -0.3 is 4.42 Å². The van der Waals surface area contributed by atoms with Gasteiger partial charge in [0.15, 0.2) is 0 Å². The highest BCUT2D eigenvalue weighted by atomic mass is 79.9. The van der Waals surface area contributed by atoms with E-state index in [1.807, 2.05) is 36.4 Å². The van der Waals surface area contributed by atoms with Gasteiger partial charge in [-0.15, -0.1) is 21.8 Å². The highest BCUT2D eigenvalue weighted by Gasteiger charge is 2.18. The van der Waals surface area contributed by atoms with Crippen molar-refractivity contribution >= 4 is 27.5 Å². The second-order valence-corrected chi connectivity index (χ2v) is 5.43. The predicted octanol–water partition coefficient (Wildman–Crippen LogP) is 4.22. The lowest BCUT2D eigenvalue weighted by atomic mass is 10.1. The third kappa shape index (κ3) is 2.73. The van der Waals surface area contributed by atoms with Gasteiger partial charge in [-0.05, 0) is 33.6 Å². The first-order valence-electron chi connectivity index (χ1n) is 5.88. The SMILES string of the molecule is ClC(c1ccccc1)c1nnc(-c2ccc(Br)cn2)o1. The van der Waals surface area contributed by atoms with Crippen molar-refractivity contribution in [2.45, 2.75) is 5.38 Å². The third-order valence-electron chi connectivity index (χ3n) is 2.70. The zero-order chi connectivity index (χ0) is 13.9. The van der Waals surface area contributed by atoms with Gasteiger partial charge >= 0.3 is 0 Å². The average Bonchev–Trinajstić information content (AvgIpc) is 2.98. The van der Waals surface area contributed by atoms with Crippen molar-refractivity contribution in [1.29, 1.82) is 0 Å². The largest absolute Gasteiger partial charge is 0.417 e. The van der Waals surface area contributed by atoms with Gasteiger partial charge in [-0.1, -0.05) is 30.3 Å². The number of pyridine rings is 1. The maximum Gasteiger partial charge on any atom is 0.266 e. The van der Waals surface area contributed by atoms with E-state index in [1.165, 1.54) is 0 Å². The van der Waals surface area contributed by atoms with E-state index in [0.717, 1.165) is 10.0 Å². The summed E-state index contributed by atoms with van der Waals surface area (Å²) in [6, 6.07) is 13.3. The molecule has 0 N–H and O–H groups in total. The summed E-state index contributed by atoms with van der Waals surface area (Å²) in [5, 5.41) is 7.51. The van der Waals surface area contributed by atoms with Crippen LogP contribution in [0.5, 0.6) is 0 Å². The molecule has 0 radical (unpaired) electrons. The molecule has 1 unspecified atom stereocenters. The van der Waals surface area contributed by atoms with Crippen LogP contribution in [0.3, 0.4) is 0 Å². The lowest BCUT2D eigenvalue weighted by Crippen LogP contribution is -1.92. The van der Waals surface area contributed by atoms with Crippen molar-refractivity contribution < 1.29 is 4.42 Å². The molecule has 2 aromatic heterocycles. The van der Waals surface area contributed by atoms with E-state index in [2.05, 4.69) is 31.1 Å². The molecule has 20 heavy (non-hydrogen) atoms. The Morgan fingerprint density at radius 3 is 2.55 bits per heavy atom. The van der Waals surface area contributed by atoms with Crippen LogP contribution in [0.25, 0.3) is 11.6 Å². The minimum Gasteiger partial charge on any atom is -0.417 e. The molecular weight excluding hydrogens is 342 g/mol. The van der Waals surface area contributed by atoms with Crippen LogP contribution in [0.1, 0.15) is 16.8 Å². The van der Waals surface area contributed by atoms with E-state index in [4.69, 9.17) is 16.0 Å². The van der Waals surface area contributed by atoms with Crippen LogP contribution in [-0.2, 0) is 0 Å². The summed E-state index contributed by atoms with van der Waals surface area (Å²) in [6.07, 6.45) is 1.68. The van der Waals surface area contributed by atoms with E-state index in [-0.39, 0.29) is 0 Å². The van der Waals surface area contributed by atoms with E-state index >= 15 is 0 Å². The van der Waals surface area contributed by atoms with E-state index in [1.54, 1.807) is 12.3 Å². The van der Waals surface area contributed by atoms with Gasteiger partial charge in [-0.3, -0.25) is 0 Å². The van der Waals surface area contributed by atoms with Crippen LogP contribution in [0, 0.1) is 0 Å². The normalized spacial score (nSPS) is 12.3. The molecule has 0 bridgehead atoms. The van der Waals surface area contributed by atoms with Gasteiger partial charge in [0, 0.05) is 10.7 Å². The Bertz CT molecular complexity index is 700. The summed E-state index contributed by atoms with van der Waals surface area (Å²) < 4.78 is 6.48. The number of aromatic nitrogens is 3. The van der Waals surface area contributed by atoms with Crippen molar-refractivity contribution in [3.8, 4) is 11.6 Å². The molecule has 1 aromatic carbocycles. The minimum absolute atomic E-state index is 0.356. The topological polar surface area (TPSA) is 51.8 Å². The fourth-order valence-corrected chi connectivity index (χ4v) is 2.18. The van der Waals surface area contributed by atoms with Crippen molar-refractivity contribution in [3.63, 3.8) is 0 Å². The van der Waals surface area contributed by atoms with Crippen LogP contribution < -0.4 is 0 Å². The standard InChI is InChI=1S/C14H9BrClN3O/c15-10-6-7-11(17-8-10)13-18-19-14(20-13)12(16)9-4-2-1-3-5-9/h1-8,12H. The lowest BCUT2D eigenvalue weighted by Gasteiger charge is -2.03. The molecule has 4 nitrogen and oxygen atoms in total. The lowest BCUT2D eigenvalue weighted by molar-refractivity contribution is 0.511. The Labute approximate surface area is 129 Å². The Hall–Kier alpha value is -1.72. The molecule has 3 aromatic rings. The van der Waals surface area contributed by atoms with Crippen molar-refractivity contribution in [1.82, 2.24) is 15.2 Å². The van der Waals surface area contributed by atoms with Crippen LogP contribution in [-0.4, -0.2) is 15.2 Å². The molecule has 100 valence electrons. The average molecular weight is 351 g/mol. The molecule has 0 saturated heterocycles. The van der Waals surface area contributed by atoms with Crippen LogP contribution in [0.15, 0.2) is 57.6 Å². The van der Waals surface area contributed by atoms with Crippen LogP contribution >= 0.6 is 27.5 Å². The highest BCUT2D eigenvalue weighted by Crippen LogP contribution is 2.29. The van der Waals surface area contributed by atoms with Gasteiger partial charge in [0.1, 0.15) is 11.1 Å². The highest BCUT2D eigenvalue weighted by molar-refractivity contribution is 9.10. The number of halogens is 2. The summed E-state index contributed by atoms with van der Waals surface area (Å²) in [5.74, 6) is 0.715. The van der Waals surface area contributed by atoms with Crippen LogP contribution in [0.2, 0.25) is 0 Å². The van der Waals surface area contributed by atoms with Gasteiger partial charge in [-0.2, -0.15) is 0 Å². The van der Waals surface area contributed by atoms with Gasteiger partial charge in [-0.25, -0.2) is 4.98 Å². The summed E-state index contributed by atoms with van der Waals surface area (Å²) in [6.45, 7) is 0. The first-order chi connectivity index (χ1) is 9.74. The Morgan fingerprint density at radius 2 is 1.85 bits per heavy atom. The number of hydrogen-bond acceptors (Lipinski definition) is 4. The number of hydrogen-bond donors (Lipinski definition) is 0. The fraction of sp³-hybridized carbons (Fsp3) is 0.0714. The Morgan fingerprint density at radius 1 is 1.05 bits per heavy atom. The Balaban J connectivity index is 1.89. The fourth-order valence-electron chi connectivity index (χ4n) is 1.71. The molecule has 0 fully saturated rings. The second-order valence-electron chi connectivity index (χ2n) is 4.08. The van der Waals surface area contributed by atoms with Crippen molar-refractivity contribution in [3.05, 3.63) is 64.6 Å². The van der Waals surface area contributed by atoms with Gasteiger partial charge in [0.05, 0.1) is 0 Å². The predicted molar refractivity (Wildman–Crippen MR) is 79.4 cm³/mol. The first kappa shape index (κ1) is 13.3. The summed E-state index contributed by atoms with van der Waals surface area (Å²) in [5.41, 5.74) is 1.53. The zero-order valence-corrected chi connectivity index (χ0v) is 12.5. The maximum atomic E-state index is 6.33. The van der Waals surface area contributed by atoms with E-state index < -0.39 is 5.38 Å². The van der Waals surface area contributed by atoms with E-state index in [9.17, 15) is 0 Å². The molecule has 0 spiro atoms. The van der Waals surface area contributed by atoms with Crippen molar-refractivity contribution in [2.24, 2.45) is 0 Å². The molecule has 6 heteroatoms. The van der Waals surface area contributed by atoms with Crippen LogP contribution in [0.4, 0.5) is 0 Å². The number of benzene rings is 1. The Kier molecular flexibility index (Phi) is 3.80. The summed E-state index contributed by atoms with van der Waals surface area (Å²) in [7, 11) is 0. The molecule has 0 aliphatic heterocycles. The number of rotatable bonds is 3. The minimum atomic E-state index is -0.465. The van der Waals surface area contributed by atoms with E-state index in [0.29, 0.717) is 17.5 Å². The smallest absolute Gasteiger partial charge is 0.266 e. The molecular formula is C14H9BrClN3O. The molecule has 0 aliphatic carbocycles. The maximum absolute atomic E-state index is 6.33. The van der Waals surface area contributed by atoms with Gasteiger partial charge in [0.25, 0.3) is 5.89 Å². The summed E-state index contributed by atoms with van der Waals surface area (Å²) >= 11 is 9.66. The second kappa shape index (κ2) is 5.73. The zero-order valence-electron chi connectivity index (χ0n) is 10.2. The third-order valence-corrected chi connectivity index (χ3v) is 3.60. The molecule has 1 atom stereocenters. The van der Waals surface area contributed by atoms with Crippen molar-refractivity contribution in [2.75, 3.05) is 0 Å². The molecule has 0 amide bonds. The molecule has 0 aliphatic rings. The monoisotopic (exact) mass is 349 g/mol. The number of alkyl halides is 1. The quantitative estimate of drug-likeness (QED) is 0.664. The van der Waals surface area contributed by atoms with Gasteiger partial charge in [0.2, 0.25) is 5.89 Å². The first-order valence-corrected chi connectivity index (χ1v) is 7.11. The summed E-state index contributed by atoms with van der Waals surface area (Å²) in [4.78, 5) is 4.21. The number of nitrogens with zero attached hydrogens (tertiary/aromatic N) is 3. The molecule has 2 heterocycles.